The van der Waals surface area contributed by atoms with Crippen molar-refractivity contribution < 1.29 is 8.42 Å². The Morgan fingerprint density at radius 3 is 2.58 bits per heavy atom. The lowest BCUT2D eigenvalue weighted by molar-refractivity contribution is 0.391. The molecule has 0 spiro atoms. The van der Waals surface area contributed by atoms with Crippen molar-refractivity contribution in [2.75, 3.05) is 6.54 Å². The van der Waals surface area contributed by atoms with Crippen molar-refractivity contribution in [3.05, 3.63) is 59.9 Å². The molecule has 1 aromatic heterocycles. The molecular formula is C14H14N2O2S. The van der Waals surface area contributed by atoms with Gasteiger partial charge in [0.05, 0.1) is 0 Å². The number of pyridine rings is 1. The molecule has 2 aromatic rings. The molecule has 0 unspecified atom stereocenters. The fraction of sp³-hybridized carbons (Fsp3) is 0.214. The van der Waals surface area contributed by atoms with E-state index >= 15 is 0 Å². The zero-order valence-corrected chi connectivity index (χ0v) is 11.2. The average Bonchev–Trinajstić information content (AvgIpc) is 2.47. The Morgan fingerprint density at radius 1 is 1.05 bits per heavy atom. The van der Waals surface area contributed by atoms with Crippen molar-refractivity contribution in [2.45, 2.75) is 17.9 Å². The number of nitrogens with zero attached hydrogens (tertiary/aromatic N) is 2. The van der Waals surface area contributed by atoms with Crippen LogP contribution in [0.25, 0.3) is 0 Å². The third-order valence-electron chi connectivity index (χ3n) is 3.37. The number of aromatic nitrogens is 1. The SMILES string of the molecule is O=S(=O)(c1cccnc1)N1CCc2ccccc2C1. The second-order valence-corrected chi connectivity index (χ2v) is 6.48. The molecule has 1 aromatic carbocycles. The lowest BCUT2D eigenvalue weighted by Gasteiger charge is -2.27. The van der Waals surface area contributed by atoms with Gasteiger partial charge in [-0.1, -0.05) is 24.3 Å². The third kappa shape index (κ3) is 2.27. The molecule has 98 valence electrons. The van der Waals surface area contributed by atoms with E-state index in [2.05, 4.69) is 11.1 Å². The molecule has 1 aliphatic heterocycles. The largest absolute Gasteiger partial charge is 0.263 e. The summed E-state index contributed by atoms with van der Waals surface area (Å²) in [4.78, 5) is 4.14. The zero-order chi connectivity index (χ0) is 13.3. The summed E-state index contributed by atoms with van der Waals surface area (Å²) in [7, 11) is -3.43. The van der Waals surface area contributed by atoms with Gasteiger partial charge in [0, 0.05) is 25.5 Å². The lowest BCUT2D eigenvalue weighted by atomic mass is 10.0. The van der Waals surface area contributed by atoms with Gasteiger partial charge >= 0.3 is 0 Å². The molecule has 0 saturated heterocycles. The number of benzene rings is 1. The van der Waals surface area contributed by atoms with E-state index in [4.69, 9.17) is 0 Å². The molecule has 0 fully saturated rings. The summed E-state index contributed by atoms with van der Waals surface area (Å²) in [6.07, 6.45) is 3.73. The number of hydrogen-bond donors (Lipinski definition) is 0. The highest BCUT2D eigenvalue weighted by atomic mass is 32.2. The van der Waals surface area contributed by atoms with Gasteiger partial charge in [0.1, 0.15) is 4.90 Å². The molecule has 0 atom stereocenters. The maximum absolute atomic E-state index is 12.5. The molecule has 3 rings (SSSR count). The summed E-state index contributed by atoms with van der Waals surface area (Å²) in [5.74, 6) is 0. The topological polar surface area (TPSA) is 50.3 Å². The molecule has 2 heterocycles. The maximum Gasteiger partial charge on any atom is 0.244 e. The summed E-state index contributed by atoms with van der Waals surface area (Å²) >= 11 is 0. The van der Waals surface area contributed by atoms with Crippen molar-refractivity contribution >= 4 is 10.0 Å². The van der Waals surface area contributed by atoms with E-state index in [1.165, 1.54) is 16.1 Å². The summed E-state index contributed by atoms with van der Waals surface area (Å²) in [5.41, 5.74) is 2.32. The molecule has 0 bridgehead atoms. The Bertz CT molecular complexity index is 684. The van der Waals surface area contributed by atoms with E-state index in [0.717, 1.165) is 12.0 Å². The van der Waals surface area contributed by atoms with Crippen molar-refractivity contribution in [2.24, 2.45) is 0 Å². The molecular weight excluding hydrogens is 260 g/mol. The van der Waals surface area contributed by atoms with Crippen LogP contribution in [-0.2, 0) is 23.0 Å². The number of hydrogen-bond acceptors (Lipinski definition) is 3. The van der Waals surface area contributed by atoms with Crippen LogP contribution in [0.5, 0.6) is 0 Å². The third-order valence-corrected chi connectivity index (χ3v) is 5.20. The van der Waals surface area contributed by atoms with Gasteiger partial charge in [-0.25, -0.2) is 8.42 Å². The summed E-state index contributed by atoms with van der Waals surface area (Å²) in [6.45, 7) is 0.960. The molecule has 0 radical (unpaired) electrons. The average molecular weight is 274 g/mol. The zero-order valence-electron chi connectivity index (χ0n) is 10.4. The first-order chi connectivity index (χ1) is 9.18. The highest BCUT2D eigenvalue weighted by molar-refractivity contribution is 7.89. The molecule has 0 aliphatic carbocycles. The Labute approximate surface area is 112 Å². The first kappa shape index (κ1) is 12.3. The Kier molecular flexibility index (Phi) is 3.08. The Hall–Kier alpha value is -1.72. The van der Waals surface area contributed by atoms with Crippen LogP contribution in [0.15, 0.2) is 53.7 Å². The minimum atomic E-state index is -3.43. The van der Waals surface area contributed by atoms with Crippen LogP contribution >= 0.6 is 0 Å². The molecule has 1 aliphatic rings. The molecule has 0 saturated carbocycles. The van der Waals surface area contributed by atoms with Crippen LogP contribution in [-0.4, -0.2) is 24.3 Å². The van der Waals surface area contributed by atoms with Crippen LogP contribution in [0, 0.1) is 0 Å². The predicted molar refractivity (Wildman–Crippen MR) is 72.0 cm³/mol. The van der Waals surface area contributed by atoms with Crippen molar-refractivity contribution in [3.8, 4) is 0 Å². The predicted octanol–water partition coefficient (Wildman–Crippen LogP) is 1.83. The number of fused-ring (bicyclic) bond motifs is 1. The second kappa shape index (κ2) is 4.75. The minimum absolute atomic E-state index is 0.259. The van der Waals surface area contributed by atoms with Crippen LogP contribution < -0.4 is 0 Å². The highest BCUT2D eigenvalue weighted by Crippen LogP contribution is 2.24. The standard InChI is InChI=1S/C14H14N2O2S/c17-19(18,14-6-3-8-15-10-14)16-9-7-12-4-1-2-5-13(12)11-16/h1-6,8,10H,7,9,11H2. The quantitative estimate of drug-likeness (QED) is 0.839. The molecule has 0 N–H and O–H groups in total. The fourth-order valence-corrected chi connectivity index (χ4v) is 3.71. The van der Waals surface area contributed by atoms with E-state index in [-0.39, 0.29) is 4.90 Å². The van der Waals surface area contributed by atoms with Gasteiger partial charge in [0.2, 0.25) is 10.0 Å². The van der Waals surface area contributed by atoms with Crippen molar-refractivity contribution in [3.63, 3.8) is 0 Å². The van der Waals surface area contributed by atoms with E-state index in [0.29, 0.717) is 13.1 Å². The first-order valence-electron chi connectivity index (χ1n) is 6.15. The Morgan fingerprint density at radius 2 is 1.84 bits per heavy atom. The van der Waals surface area contributed by atoms with E-state index in [1.54, 1.807) is 18.3 Å². The molecule has 19 heavy (non-hydrogen) atoms. The molecule has 5 heteroatoms. The second-order valence-electron chi connectivity index (χ2n) is 4.55. The van der Waals surface area contributed by atoms with Crippen molar-refractivity contribution in [1.82, 2.24) is 9.29 Å². The highest BCUT2D eigenvalue weighted by Gasteiger charge is 2.28. The monoisotopic (exact) mass is 274 g/mol. The maximum atomic E-state index is 12.5. The summed E-state index contributed by atoms with van der Waals surface area (Å²) in [5, 5.41) is 0. The molecule has 4 nitrogen and oxygen atoms in total. The van der Waals surface area contributed by atoms with Crippen molar-refractivity contribution in [1.29, 1.82) is 0 Å². The van der Waals surface area contributed by atoms with Gasteiger partial charge in [-0.05, 0) is 29.7 Å². The van der Waals surface area contributed by atoms with Gasteiger partial charge in [0.15, 0.2) is 0 Å². The van der Waals surface area contributed by atoms with E-state index in [9.17, 15) is 8.42 Å². The van der Waals surface area contributed by atoms with Crippen LogP contribution in [0.3, 0.4) is 0 Å². The first-order valence-corrected chi connectivity index (χ1v) is 7.59. The summed E-state index contributed by atoms with van der Waals surface area (Å²) in [6, 6.07) is 11.2. The lowest BCUT2D eigenvalue weighted by Crippen LogP contribution is -2.35. The van der Waals surface area contributed by atoms with Crippen LogP contribution in [0.1, 0.15) is 11.1 Å². The minimum Gasteiger partial charge on any atom is -0.263 e. The van der Waals surface area contributed by atoms with Gasteiger partial charge in [0.25, 0.3) is 0 Å². The van der Waals surface area contributed by atoms with Gasteiger partial charge < -0.3 is 0 Å². The van der Waals surface area contributed by atoms with Gasteiger partial charge in [-0.3, -0.25) is 4.98 Å². The van der Waals surface area contributed by atoms with Gasteiger partial charge in [-0.15, -0.1) is 0 Å². The van der Waals surface area contributed by atoms with E-state index in [1.807, 2.05) is 18.2 Å². The summed E-state index contributed by atoms with van der Waals surface area (Å²) < 4.78 is 26.5. The Balaban J connectivity index is 1.93. The van der Waals surface area contributed by atoms with E-state index < -0.39 is 10.0 Å². The molecule has 0 amide bonds. The normalized spacial score (nSPS) is 16.0. The van der Waals surface area contributed by atoms with Crippen LogP contribution in [0.4, 0.5) is 0 Å². The fourth-order valence-electron chi connectivity index (χ4n) is 2.32. The number of sulfonamides is 1. The van der Waals surface area contributed by atoms with Crippen LogP contribution in [0.2, 0.25) is 0 Å². The van der Waals surface area contributed by atoms with Gasteiger partial charge in [-0.2, -0.15) is 4.31 Å². The number of rotatable bonds is 2. The smallest absolute Gasteiger partial charge is 0.244 e.